The van der Waals surface area contributed by atoms with E-state index in [-0.39, 0.29) is 11.6 Å². The van der Waals surface area contributed by atoms with Gasteiger partial charge in [0.15, 0.2) is 0 Å². The van der Waals surface area contributed by atoms with Gasteiger partial charge in [0.05, 0.1) is 6.10 Å². The number of nitrogens with zero attached hydrogens (tertiary/aromatic N) is 1. The fourth-order valence-electron chi connectivity index (χ4n) is 2.67. The molecule has 0 aliphatic heterocycles. The van der Waals surface area contributed by atoms with E-state index in [0.29, 0.717) is 0 Å². The van der Waals surface area contributed by atoms with E-state index >= 15 is 0 Å². The normalized spacial score (nSPS) is 16.6. The van der Waals surface area contributed by atoms with Crippen LogP contribution < -0.4 is 0 Å². The van der Waals surface area contributed by atoms with Crippen molar-refractivity contribution < 1.29 is 5.11 Å². The lowest BCUT2D eigenvalue weighted by Gasteiger charge is -2.43. The lowest BCUT2D eigenvalue weighted by Crippen LogP contribution is -2.54. The molecule has 18 heavy (non-hydrogen) atoms. The van der Waals surface area contributed by atoms with Gasteiger partial charge in [-0.2, -0.15) is 0 Å². The highest BCUT2D eigenvalue weighted by Gasteiger charge is 2.35. The maximum absolute atomic E-state index is 10.6. The molecule has 0 radical (unpaired) electrons. The van der Waals surface area contributed by atoms with E-state index in [0.717, 1.165) is 25.9 Å². The second-order valence-corrected chi connectivity index (χ2v) is 5.09. The second kappa shape index (κ2) is 6.91. The highest BCUT2D eigenvalue weighted by Crippen LogP contribution is 2.25. The lowest BCUT2D eigenvalue weighted by atomic mass is 9.85. The molecule has 0 spiro atoms. The van der Waals surface area contributed by atoms with Crippen LogP contribution in [0.2, 0.25) is 0 Å². The van der Waals surface area contributed by atoms with Gasteiger partial charge in [0.25, 0.3) is 0 Å². The first kappa shape index (κ1) is 15.2. The summed E-state index contributed by atoms with van der Waals surface area (Å²) in [7, 11) is 0. The van der Waals surface area contributed by atoms with Crippen LogP contribution in [0.25, 0.3) is 0 Å². The third-order valence-corrected chi connectivity index (χ3v) is 4.19. The molecule has 0 aliphatic carbocycles. The van der Waals surface area contributed by atoms with Crippen LogP contribution >= 0.6 is 0 Å². The van der Waals surface area contributed by atoms with Gasteiger partial charge in [-0.15, -0.1) is 0 Å². The molecular weight excluding hydrogens is 222 g/mol. The number of hydrogen-bond donors (Lipinski definition) is 1. The minimum absolute atomic E-state index is 0.140. The molecule has 1 aromatic rings. The van der Waals surface area contributed by atoms with Gasteiger partial charge < -0.3 is 5.11 Å². The quantitative estimate of drug-likeness (QED) is 0.802. The summed E-state index contributed by atoms with van der Waals surface area (Å²) in [5.74, 6) is 0. The van der Waals surface area contributed by atoms with E-state index in [4.69, 9.17) is 0 Å². The van der Waals surface area contributed by atoms with Crippen molar-refractivity contribution >= 4 is 0 Å². The molecular formula is C16H27NO. The Labute approximate surface area is 112 Å². The Kier molecular flexibility index (Phi) is 5.83. The van der Waals surface area contributed by atoms with E-state index in [1.807, 2.05) is 18.2 Å². The third-order valence-electron chi connectivity index (χ3n) is 4.19. The summed E-state index contributed by atoms with van der Waals surface area (Å²) in [5, 5.41) is 10.6. The highest BCUT2D eigenvalue weighted by molar-refractivity contribution is 5.16. The van der Waals surface area contributed by atoms with Gasteiger partial charge in [0, 0.05) is 12.0 Å². The Morgan fingerprint density at radius 3 is 2.11 bits per heavy atom. The molecule has 0 fully saturated rings. The van der Waals surface area contributed by atoms with E-state index in [2.05, 4.69) is 44.7 Å². The summed E-state index contributed by atoms with van der Waals surface area (Å²) in [6.45, 7) is 10.6. The number of likely N-dealkylation sites (N-methyl/N-ethyl adjacent to an activating group) is 1. The van der Waals surface area contributed by atoms with Crippen molar-refractivity contribution in [1.82, 2.24) is 4.90 Å². The summed E-state index contributed by atoms with van der Waals surface area (Å²) in [6.07, 6.45) is 1.36. The molecule has 1 rings (SSSR count). The Bertz CT molecular complexity index is 334. The Balaban J connectivity index is 2.81. The Morgan fingerprint density at radius 1 is 1.11 bits per heavy atom. The highest BCUT2D eigenvalue weighted by atomic mass is 16.3. The lowest BCUT2D eigenvalue weighted by molar-refractivity contribution is -0.0190. The topological polar surface area (TPSA) is 23.5 Å². The van der Waals surface area contributed by atoms with Crippen LogP contribution in [0.4, 0.5) is 0 Å². The number of aliphatic hydroxyl groups excluding tert-OH is 1. The van der Waals surface area contributed by atoms with Crippen LogP contribution in [0.15, 0.2) is 30.3 Å². The molecule has 0 saturated carbocycles. The smallest absolute Gasteiger partial charge is 0.0761 e. The van der Waals surface area contributed by atoms with E-state index < -0.39 is 0 Å². The zero-order valence-corrected chi connectivity index (χ0v) is 12.2. The van der Waals surface area contributed by atoms with Gasteiger partial charge >= 0.3 is 0 Å². The molecule has 0 heterocycles. The van der Waals surface area contributed by atoms with Gasteiger partial charge in [0.2, 0.25) is 0 Å². The van der Waals surface area contributed by atoms with E-state index in [1.165, 1.54) is 5.56 Å². The minimum Gasteiger partial charge on any atom is -0.391 e. The van der Waals surface area contributed by atoms with Gasteiger partial charge in [-0.25, -0.2) is 0 Å². The number of benzene rings is 1. The molecule has 1 N–H and O–H groups in total. The summed E-state index contributed by atoms with van der Waals surface area (Å²) >= 11 is 0. The fraction of sp³-hybridized carbons (Fsp3) is 0.625. The van der Waals surface area contributed by atoms with Crippen LogP contribution in [0, 0.1) is 0 Å². The predicted octanol–water partition coefficient (Wildman–Crippen LogP) is 3.10. The van der Waals surface area contributed by atoms with Crippen LogP contribution in [0.3, 0.4) is 0 Å². The average Bonchev–Trinajstić information content (AvgIpc) is 2.40. The van der Waals surface area contributed by atoms with Crippen molar-refractivity contribution in [2.24, 2.45) is 0 Å². The van der Waals surface area contributed by atoms with Crippen molar-refractivity contribution in [3.05, 3.63) is 35.9 Å². The Morgan fingerprint density at radius 2 is 1.67 bits per heavy atom. The Hall–Kier alpha value is -0.860. The van der Waals surface area contributed by atoms with Gasteiger partial charge in [0.1, 0.15) is 0 Å². The monoisotopic (exact) mass is 249 g/mol. The largest absolute Gasteiger partial charge is 0.391 e. The molecule has 0 bridgehead atoms. The number of rotatable bonds is 7. The first-order valence-electron chi connectivity index (χ1n) is 7.05. The molecule has 2 unspecified atom stereocenters. The molecule has 1 aromatic carbocycles. The average molecular weight is 249 g/mol. The minimum atomic E-state index is -0.329. The maximum Gasteiger partial charge on any atom is 0.0761 e. The number of aliphatic hydroxyl groups is 1. The van der Waals surface area contributed by atoms with Crippen molar-refractivity contribution in [3.63, 3.8) is 0 Å². The zero-order chi connectivity index (χ0) is 13.6. The third kappa shape index (κ3) is 3.33. The first-order chi connectivity index (χ1) is 8.58. The van der Waals surface area contributed by atoms with Crippen LogP contribution in [-0.4, -0.2) is 34.7 Å². The first-order valence-corrected chi connectivity index (χ1v) is 7.05. The van der Waals surface area contributed by atoms with Crippen molar-refractivity contribution in [3.8, 4) is 0 Å². The zero-order valence-electron chi connectivity index (χ0n) is 12.2. The van der Waals surface area contributed by atoms with E-state index in [9.17, 15) is 5.11 Å². The van der Waals surface area contributed by atoms with Crippen LogP contribution in [0.1, 0.15) is 39.7 Å². The summed E-state index contributed by atoms with van der Waals surface area (Å²) in [5.41, 5.74) is 1.07. The SMILES string of the molecule is CCN(CC)C(C)(CC)C(O)Cc1ccccc1. The van der Waals surface area contributed by atoms with Crippen molar-refractivity contribution in [2.75, 3.05) is 13.1 Å². The molecule has 0 aromatic heterocycles. The molecule has 0 saturated heterocycles. The van der Waals surface area contributed by atoms with Crippen LogP contribution in [0.5, 0.6) is 0 Å². The summed E-state index contributed by atoms with van der Waals surface area (Å²) in [4.78, 5) is 2.36. The standard InChI is InChI=1S/C16H27NO/c1-5-16(4,17(6-2)7-3)15(18)13-14-11-9-8-10-12-14/h8-12,15,18H,5-7,13H2,1-4H3. The molecule has 2 atom stereocenters. The molecule has 0 aliphatic rings. The fourth-order valence-corrected chi connectivity index (χ4v) is 2.67. The molecule has 2 nitrogen and oxygen atoms in total. The maximum atomic E-state index is 10.6. The van der Waals surface area contributed by atoms with E-state index in [1.54, 1.807) is 0 Å². The molecule has 0 amide bonds. The summed E-state index contributed by atoms with van der Waals surface area (Å²) in [6, 6.07) is 10.2. The summed E-state index contributed by atoms with van der Waals surface area (Å²) < 4.78 is 0. The van der Waals surface area contributed by atoms with Crippen molar-refractivity contribution in [2.45, 2.75) is 52.2 Å². The van der Waals surface area contributed by atoms with Crippen LogP contribution in [-0.2, 0) is 6.42 Å². The van der Waals surface area contributed by atoms with Gasteiger partial charge in [-0.05, 0) is 32.0 Å². The molecule has 102 valence electrons. The van der Waals surface area contributed by atoms with Gasteiger partial charge in [-0.1, -0.05) is 51.1 Å². The number of hydrogen-bond acceptors (Lipinski definition) is 2. The predicted molar refractivity (Wildman–Crippen MR) is 77.8 cm³/mol. The molecule has 2 heteroatoms. The van der Waals surface area contributed by atoms with Crippen molar-refractivity contribution in [1.29, 1.82) is 0 Å². The second-order valence-electron chi connectivity index (χ2n) is 5.09. The van der Waals surface area contributed by atoms with Gasteiger partial charge in [-0.3, -0.25) is 4.90 Å².